The maximum Gasteiger partial charge on any atom is 0.410 e. The Morgan fingerprint density at radius 1 is 1.28 bits per heavy atom. The molecule has 0 bridgehead atoms. The number of aromatic nitrogens is 4. The number of fused-ring (bicyclic) bond motifs is 1. The lowest BCUT2D eigenvalue weighted by Crippen LogP contribution is -2.42. The number of piperidine rings is 1. The summed E-state index contributed by atoms with van der Waals surface area (Å²) in [4.78, 5) is 22.3. The zero-order chi connectivity index (χ0) is 22.8. The topological polar surface area (TPSA) is 106 Å². The van der Waals surface area contributed by atoms with E-state index in [1.165, 1.54) is 24.5 Å². The molecule has 0 unspecified atom stereocenters. The van der Waals surface area contributed by atoms with E-state index < -0.39 is 5.82 Å². The Morgan fingerprint density at radius 2 is 2.03 bits per heavy atom. The van der Waals surface area contributed by atoms with Crippen LogP contribution >= 0.6 is 0 Å². The second-order valence-electron chi connectivity index (χ2n) is 7.89. The molecule has 0 N–H and O–H groups in total. The second-order valence-corrected chi connectivity index (χ2v) is 7.89. The van der Waals surface area contributed by atoms with Crippen LogP contribution in [0, 0.1) is 17.1 Å². The molecule has 0 spiro atoms. The van der Waals surface area contributed by atoms with E-state index in [4.69, 9.17) is 14.7 Å². The van der Waals surface area contributed by atoms with Crippen molar-refractivity contribution in [3.8, 4) is 23.2 Å². The van der Waals surface area contributed by atoms with Crippen LogP contribution < -0.4 is 4.74 Å². The highest BCUT2D eigenvalue weighted by molar-refractivity contribution is 5.92. The summed E-state index contributed by atoms with van der Waals surface area (Å²) in [5, 5.41) is 13.4. The van der Waals surface area contributed by atoms with Gasteiger partial charge >= 0.3 is 6.09 Å². The molecule has 10 heteroatoms. The van der Waals surface area contributed by atoms with E-state index in [0.29, 0.717) is 48.5 Å². The van der Waals surface area contributed by atoms with Crippen LogP contribution in [0.4, 0.5) is 9.18 Å². The van der Waals surface area contributed by atoms with Crippen molar-refractivity contribution in [3.63, 3.8) is 0 Å². The molecule has 1 amide bonds. The van der Waals surface area contributed by atoms with Crippen LogP contribution in [0.25, 0.3) is 22.3 Å². The first-order chi connectivity index (χ1) is 15.4. The van der Waals surface area contributed by atoms with Crippen molar-refractivity contribution in [2.75, 3.05) is 13.1 Å². The van der Waals surface area contributed by atoms with Gasteiger partial charge in [-0.05, 0) is 32.0 Å². The lowest BCUT2D eigenvalue weighted by Gasteiger charge is -2.31. The maximum absolute atomic E-state index is 14.6. The Labute approximate surface area is 184 Å². The number of carbonyl (C=O) groups excluding carboxylic acids is 1. The van der Waals surface area contributed by atoms with Gasteiger partial charge in [-0.3, -0.25) is 4.68 Å². The van der Waals surface area contributed by atoms with Gasteiger partial charge < -0.3 is 14.4 Å². The molecule has 1 aliphatic rings. The van der Waals surface area contributed by atoms with Crippen molar-refractivity contribution in [3.05, 3.63) is 35.9 Å². The Morgan fingerprint density at radius 3 is 2.69 bits per heavy atom. The molecule has 0 atom stereocenters. The van der Waals surface area contributed by atoms with Crippen molar-refractivity contribution in [1.82, 2.24) is 24.6 Å². The molecule has 1 aliphatic heterocycles. The molecule has 1 fully saturated rings. The first-order valence-corrected chi connectivity index (χ1v) is 10.4. The van der Waals surface area contributed by atoms with E-state index >= 15 is 0 Å². The van der Waals surface area contributed by atoms with Gasteiger partial charge in [0.15, 0.2) is 0 Å². The molecule has 3 heterocycles. The van der Waals surface area contributed by atoms with E-state index in [2.05, 4.69) is 15.1 Å². The van der Waals surface area contributed by atoms with Crippen LogP contribution in [0.5, 0.6) is 5.88 Å². The fraction of sp³-hybridized carbons (Fsp3) is 0.409. The Balaban J connectivity index is 1.56. The smallest absolute Gasteiger partial charge is 0.410 e. The molecule has 1 aromatic carbocycles. The van der Waals surface area contributed by atoms with E-state index in [-0.39, 0.29) is 29.4 Å². The Hall–Kier alpha value is -3.74. The highest BCUT2D eigenvalue weighted by Gasteiger charge is 2.27. The number of nitriles is 1. The molecule has 9 nitrogen and oxygen atoms in total. The number of rotatable bonds is 4. The zero-order valence-corrected chi connectivity index (χ0v) is 18.1. The minimum absolute atomic E-state index is 0.138. The molecule has 0 radical (unpaired) electrons. The summed E-state index contributed by atoms with van der Waals surface area (Å²) >= 11 is 0. The monoisotopic (exact) mass is 438 g/mol. The van der Waals surface area contributed by atoms with E-state index in [1.54, 1.807) is 16.6 Å². The molecule has 0 aliphatic carbocycles. The van der Waals surface area contributed by atoms with Gasteiger partial charge in [0.2, 0.25) is 5.88 Å². The van der Waals surface area contributed by atoms with Crippen LogP contribution in [0.1, 0.15) is 32.3 Å². The van der Waals surface area contributed by atoms with Crippen molar-refractivity contribution in [1.29, 1.82) is 5.26 Å². The summed E-state index contributed by atoms with van der Waals surface area (Å²) in [6.45, 7) is 4.69. The quantitative estimate of drug-likeness (QED) is 0.614. The molecular formula is C22H23FN6O3. The van der Waals surface area contributed by atoms with Crippen LogP contribution in [0.2, 0.25) is 0 Å². The van der Waals surface area contributed by atoms with Gasteiger partial charge in [0.05, 0.1) is 17.7 Å². The fourth-order valence-corrected chi connectivity index (χ4v) is 3.71. The summed E-state index contributed by atoms with van der Waals surface area (Å²) in [7, 11) is 1.72. The van der Waals surface area contributed by atoms with Crippen LogP contribution in [0.3, 0.4) is 0 Å². The summed E-state index contributed by atoms with van der Waals surface area (Å²) in [5.41, 5.74) is 1.83. The summed E-state index contributed by atoms with van der Waals surface area (Å²) in [5.74, 6) is -0.195. The minimum atomic E-state index is -0.550. The lowest BCUT2D eigenvalue weighted by molar-refractivity contribution is 0.0510. The fourth-order valence-electron chi connectivity index (χ4n) is 3.71. The number of likely N-dealkylation sites (tertiary alicyclic amines) is 1. The lowest BCUT2D eigenvalue weighted by atomic mass is 10.1. The standard InChI is InChI=1S/C22H23FN6O3/c1-13(2)31-22(30)29-8-6-15(7-9-29)32-21-20-19(25-12-26-21)18(27-28(20)3)16-5-4-14(11-24)10-17(16)23/h4-5,10,12-13,15H,6-9H2,1-3H3. The third-order valence-corrected chi connectivity index (χ3v) is 5.25. The average Bonchev–Trinajstić information content (AvgIpc) is 3.11. The number of amides is 1. The number of hydrogen-bond donors (Lipinski definition) is 0. The number of carbonyl (C=O) groups is 1. The van der Waals surface area contributed by atoms with E-state index in [9.17, 15) is 9.18 Å². The predicted molar refractivity (Wildman–Crippen MR) is 113 cm³/mol. The highest BCUT2D eigenvalue weighted by Crippen LogP contribution is 2.32. The molecule has 3 aromatic rings. The summed E-state index contributed by atoms with van der Waals surface area (Å²) < 4.78 is 27.6. The summed E-state index contributed by atoms with van der Waals surface area (Å²) in [6, 6.07) is 6.15. The molecule has 2 aromatic heterocycles. The largest absolute Gasteiger partial charge is 0.473 e. The predicted octanol–water partition coefficient (Wildman–Crippen LogP) is 3.43. The molecule has 0 saturated carbocycles. The molecule has 32 heavy (non-hydrogen) atoms. The first kappa shape index (κ1) is 21.5. The SMILES string of the molecule is CC(C)OC(=O)N1CCC(Oc2ncnc3c(-c4ccc(C#N)cc4F)nn(C)c23)CC1. The van der Waals surface area contributed by atoms with Gasteiger partial charge in [-0.15, -0.1) is 0 Å². The molecule has 1 saturated heterocycles. The third-order valence-electron chi connectivity index (χ3n) is 5.25. The number of nitrogens with zero attached hydrogens (tertiary/aromatic N) is 6. The van der Waals surface area contributed by atoms with Crippen molar-refractivity contribution >= 4 is 17.1 Å². The zero-order valence-electron chi connectivity index (χ0n) is 18.1. The van der Waals surface area contributed by atoms with Crippen molar-refractivity contribution in [2.24, 2.45) is 7.05 Å². The second kappa shape index (κ2) is 8.78. The minimum Gasteiger partial charge on any atom is -0.473 e. The van der Waals surface area contributed by atoms with Gasteiger partial charge in [-0.2, -0.15) is 15.3 Å². The van der Waals surface area contributed by atoms with E-state index in [1.807, 2.05) is 19.9 Å². The van der Waals surface area contributed by atoms with Crippen LogP contribution in [-0.2, 0) is 11.8 Å². The third kappa shape index (κ3) is 4.19. The van der Waals surface area contributed by atoms with Crippen LogP contribution in [-0.4, -0.2) is 56.0 Å². The van der Waals surface area contributed by atoms with Gasteiger partial charge in [-0.25, -0.2) is 14.2 Å². The Bertz CT molecular complexity index is 1190. The van der Waals surface area contributed by atoms with Crippen molar-refractivity contribution < 1.29 is 18.7 Å². The number of aryl methyl sites for hydroxylation is 1. The van der Waals surface area contributed by atoms with Gasteiger partial charge in [0.1, 0.15) is 35.0 Å². The molecular weight excluding hydrogens is 415 g/mol. The Kier molecular flexibility index (Phi) is 5.90. The highest BCUT2D eigenvalue weighted by atomic mass is 19.1. The number of halogens is 1. The number of hydrogen-bond acceptors (Lipinski definition) is 7. The van der Waals surface area contributed by atoms with E-state index in [0.717, 1.165) is 0 Å². The van der Waals surface area contributed by atoms with Crippen LogP contribution in [0.15, 0.2) is 24.5 Å². The number of ether oxygens (including phenoxy) is 2. The first-order valence-electron chi connectivity index (χ1n) is 10.4. The van der Waals surface area contributed by atoms with Gasteiger partial charge in [0, 0.05) is 38.5 Å². The normalized spacial score (nSPS) is 14.6. The van der Waals surface area contributed by atoms with Crippen molar-refractivity contribution in [2.45, 2.75) is 38.9 Å². The molecule has 166 valence electrons. The molecule has 4 rings (SSSR count). The van der Waals surface area contributed by atoms with Gasteiger partial charge in [-0.1, -0.05) is 0 Å². The van der Waals surface area contributed by atoms with Gasteiger partial charge in [0.25, 0.3) is 0 Å². The maximum atomic E-state index is 14.6. The number of benzene rings is 1. The average molecular weight is 438 g/mol. The summed E-state index contributed by atoms with van der Waals surface area (Å²) in [6.07, 6.45) is 2.01.